The smallest absolute Gasteiger partial charge is 0.0416 e. The summed E-state index contributed by atoms with van der Waals surface area (Å²) in [4.78, 5) is 7.04. The molecule has 0 aliphatic rings. The molecule has 0 radical (unpaired) electrons. The SMILES string of the molecule is CC(C)CCN(CCc1ccccn1)Cc1ccc2ccccc2c1. The van der Waals surface area contributed by atoms with Crippen molar-refractivity contribution in [3.8, 4) is 0 Å². The molecule has 0 atom stereocenters. The lowest BCUT2D eigenvalue weighted by Gasteiger charge is -2.23. The maximum Gasteiger partial charge on any atom is 0.0416 e. The molecule has 2 nitrogen and oxygen atoms in total. The molecule has 0 bridgehead atoms. The Morgan fingerprint density at radius 1 is 0.880 bits per heavy atom. The molecule has 0 saturated heterocycles. The fourth-order valence-corrected chi connectivity index (χ4v) is 3.12. The van der Waals surface area contributed by atoms with Gasteiger partial charge in [-0.1, -0.05) is 56.3 Å². The molecule has 1 heterocycles. The minimum absolute atomic E-state index is 0.731. The molecular weight excluding hydrogens is 304 g/mol. The first kappa shape index (κ1) is 17.6. The van der Waals surface area contributed by atoms with Gasteiger partial charge in [-0.2, -0.15) is 0 Å². The first-order valence-electron chi connectivity index (χ1n) is 9.30. The van der Waals surface area contributed by atoms with Crippen LogP contribution < -0.4 is 0 Å². The quantitative estimate of drug-likeness (QED) is 0.554. The van der Waals surface area contributed by atoms with Crippen LogP contribution in [0.3, 0.4) is 0 Å². The van der Waals surface area contributed by atoms with E-state index in [1.165, 1.54) is 28.5 Å². The number of rotatable bonds is 8. The third-order valence-electron chi connectivity index (χ3n) is 4.65. The maximum atomic E-state index is 4.47. The Hall–Kier alpha value is -2.19. The first-order valence-corrected chi connectivity index (χ1v) is 9.30. The van der Waals surface area contributed by atoms with Gasteiger partial charge < -0.3 is 0 Å². The molecule has 0 N–H and O–H groups in total. The molecule has 3 aromatic rings. The lowest BCUT2D eigenvalue weighted by molar-refractivity contribution is 0.252. The second-order valence-corrected chi connectivity index (χ2v) is 7.21. The largest absolute Gasteiger partial charge is 0.299 e. The average Bonchev–Trinajstić information content (AvgIpc) is 2.64. The Labute approximate surface area is 151 Å². The zero-order valence-electron chi connectivity index (χ0n) is 15.4. The number of fused-ring (bicyclic) bond motifs is 1. The maximum absolute atomic E-state index is 4.47. The summed E-state index contributed by atoms with van der Waals surface area (Å²) in [5, 5.41) is 2.64. The molecule has 0 spiro atoms. The third kappa shape index (κ3) is 5.40. The zero-order valence-corrected chi connectivity index (χ0v) is 15.4. The van der Waals surface area contributed by atoms with Gasteiger partial charge >= 0.3 is 0 Å². The fraction of sp³-hybridized carbons (Fsp3) is 0.348. The van der Waals surface area contributed by atoms with Gasteiger partial charge in [0.2, 0.25) is 0 Å². The van der Waals surface area contributed by atoms with E-state index in [2.05, 4.69) is 78.3 Å². The van der Waals surface area contributed by atoms with E-state index in [9.17, 15) is 0 Å². The molecule has 2 aromatic carbocycles. The van der Waals surface area contributed by atoms with E-state index in [1.807, 2.05) is 12.3 Å². The zero-order chi connectivity index (χ0) is 17.5. The number of hydrogen-bond donors (Lipinski definition) is 0. The molecule has 130 valence electrons. The van der Waals surface area contributed by atoms with E-state index >= 15 is 0 Å². The molecule has 0 amide bonds. The molecule has 0 aliphatic carbocycles. The van der Waals surface area contributed by atoms with E-state index in [-0.39, 0.29) is 0 Å². The standard InChI is InChI=1S/C23H28N2/c1-19(2)12-15-25(16-13-23-9-5-6-14-24-23)18-20-10-11-21-7-3-4-8-22(21)17-20/h3-11,14,17,19H,12-13,15-16,18H2,1-2H3. The van der Waals surface area contributed by atoms with Crippen molar-refractivity contribution in [2.45, 2.75) is 33.2 Å². The summed E-state index contributed by atoms with van der Waals surface area (Å²) in [5.74, 6) is 0.731. The lowest BCUT2D eigenvalue weighted by atomic mass is 10.1. The highest BCUT2D eigenvalue weighted by Crippen LogP contribution is 2.17. The second kappa shape index (κ2) is 8.77. The normalized spacial score (nSPS) is 11.5. The van der Waals surface area contributed by atoms with E-state index in [0.29, 0.717) is 0 Å². The van der Waals surface area contributed by atoms with Gasteiger partial charge in [0.05, 0.1) is 0 Å². The van der Waals surface area contributed by atoms with Crippen molar-refractivity contribution >= 4 is 10.8 Å². The Kier molecular flexibility index (Phi) is 6.19. The number of pyridine rings is 1. The number of benzene rings is 2. The van der Waals surface area contributed by atoms with E-state index < -0.39 is 0 Å². The van der Waals surface area contributed by atoms with Crippen LogP contribution in [0.4, 0.5) is 0 Å². The van der Waals surface area contributed by atoms with Crippen LogP contribution >= 0.6 is 0 Å². The highest BCUT2D eigenvalue weighted by molar-refractivity contribution is 5.82. The molecule has 0 unspecified atom stereocenters. The third-order valence-corrected chi connectivity index (χ3v) is 4.65. The Balaban J connectivity index is 1.68. The molecule has 0 saturated carbocycles. The van der Waals surface area contributed by atoms with Crippen LogP contribution in [-0.4, -0.2) is 23.0 Å². The second-order valence-electron chi connectivity index (χ2n) is 7.21. The van der Waals surface area contributed by atoms with Crippen LogP contribution in [0.1, 0.15) is 31.5 Å². The Morgan fingerprint density at radius 2 is 1.68 bits per heavy atom. The summed E-state index contributed by atoms with van der Waals surface area (Å²) >= 11 is 0. The minimum atomic E-state index is 0.731. The van der Waals surface area contributed by atoms with Crippen LogP contribution in [0.25, 0.3) is 10.8 Å². The van der Waals surface area contributed by atoms with Crippen LogP contribution in [0.15, 0.2) is 66.9 Å². The van der Waals surface area contributed by atoms with Crippen LogP contribution in [0.2, 0.25) is 0 Å². The first-order chi connectivity index (χ1) is 12.2. The summed E-state index contributed by atoms with van der Waals surface area (Å²) in [5.41, 5.74) is 2.57. The number of hydrogen-bond acceptors (Lipinski definition) is 2. The van der Waals surface area contributed by atoms with Crippen molar-refractivity contribution in [3.05, 3.63) is 78.1 Å². The summed E-state index contributed by atoms with van der Waals surface area (Å²) in [6, 6.07) is 21.6. The summed E-state index contributed by atoms with van der Waals surface area (Å²) in [7, 11) is 0. The molecule has 1 aromatic heterocycles. The molecule has 3 rings (SSSR count). The highest BCUT2D eigenvalue weighted by Gasteiger charge is 2.09. The van der Waals surface area contributed by atoms with Gasteiger partial charge in [-0.15, -0.1) is 0 Å². The minimum Gasteiger partial charge on any atom is -0.299 e. The van der Waals surface area contributed by atoms with Crippen LogP contribution in [0, 0.1) is 5.92 Å². The topological polar surface area (TPSA) is 16.1 Å². The van der Waals surface area contributed by atoms with E-state index in [4.69, 9.17) is 0 Å². The van der Waals surface area contributed by atoms with Crippen LogP contribution in [0.5, 0.6) is 0 Å². The molecule has 2 heteroatoms. The van der Waals surface area contributed by atoms with Gasteiger partial charge in [0.25, 0.3) is 0 Å². The van der Waals surface area contributed by atoms with E-state index in [1.54, 1.807) is 0 Å². The average molecular weight is 332 g/mol. The van der Waals surface area contributed by atoms with E-state index in [0.717, 1.165) is 32.0 Å². The molecule has 0 aliphatic heterocycles. The molecule has 25 heavy (non-hydrogen) atoms. The van der Waals surface area contributed by atoms with Gasteiger partial charge in [0, 0.05) is 31.4 Å². The highest BCUT2D eigenvalue weighted by atomic mass is 15.1. The summed E-state index contributed by atoms with van der Waals surface area (Å²) in [6.07, 6.45) is 4.12. The predicted octanol–water partition coefficient (Wildman–Crippen LogP) is 5.33. The summed E-state index contributed by atoms with van der Waals surface area (Å²) < 4.78 is 0. The van der Waals surface area contributed by atoms with Crippen molar-refractivity contribution in [2.75, 3.05) is 13.1 Å². The van der Waals surface area contributed by atoms with Crippen LogP contribution in [-0.2, 0) is 13.0 Å². The predicted molar refractivity (Wildman–Crippen MR) is 107 cm³/mol. The summed E-state index contributed by atoms with van der Waals surface area (Å²) in [6.45, 7) is 7.79. The Morgan fingerprint density at radius 3 is 2.44 bits per heavy atom. The number of nitrogens with zero attached hydrogens (tertiary/aromatic N) is 2. The van der Waals surface area contributed by atoms with Crippen molar-refractivity contribution in [1.29, 1.82) is 0 Å². The van der Waals surface area contributed by atoms with Gasteiger partial charge in [-0.3, -0.25) is 9.88 Å². The fourth-order valence-electron chi connectivity index (χ4n) is 3.12. The monoisotopic (exact) mass is 332 g/mol. The van der Waals surface area contributed by atoms with Crippen molar-refractivity contribution in [1.82, 2.24) is 9.88 Å². The molecule has 0 fully saturated rings. The lowest BCUT2D eigenvalue weighted by Crippen LogP contribution is -2.28. The van der Waals surface area contributed by atoms with Crippen molar-refractivity contribution in [2.24, 2.45) is 5.92 Å². The molecular formula is C23H28N2. The van der Waals surface area contributed by atoms with Gasteiger partial charge in [-0.05, 0) is 53.4 Å². The van der Waals surface area contributed by atoms with Crippen molar-refractivity contribution in [3.63, 3.8) is 0 Å². The number of aromatic nitrogens is 1. The van der Waals surface area contributed by atoms with Crippen molar-refractivity contribution < 1.29 is 0 Å². The van der Waals surface area contributed by atoms with Gasteiger partial charge in [-0.25, -0.2) is 0 Å². The van der Waals surface area contributed by atoms with Gasteiger partial charge in [0.1, 0.15) is 0 Å². The Bertz CT molecular complexity index is 780. The van der Waals surface area contributed by atoms with Gasteiger partial charge in [0.15, 0.2) is 0 Å².